The number of carboxylic acids is 1. The quantitative estimate of drug-likeness (QED) is 0.0414. The number of aliphatic carboxylic acids is 1. The van der Waals surface area contributed by atoms with Crippen molar-refractivity contribution in [2.75, 3.05) is 26.4 Å². The molecule has 18 N–H and O–H groups in total. The molecule has 90 heavy (non-hydrogen) atoms. The predicted molar refractivity (Wildman–Crippen MR) is 297 cm³/mol. The van der Waals surface area contributed by atoms with E-state index in [1.807, 2.05) is 6.92 Å². The number of fused-ring (bicyclic) bond motifs is 7. The summed E-state index contributed by atoms with van der Waals surface area (Å²) in [7, 11) is 0. The third-order valence-corrected chi connectivity index (χ3v) is 23.6. The molecule has 35 atom stereocenters. The van der Waals surface area contributed by atoms with E-state index >= 15 is 0 Å². The molecule has 5 heterocycles. The molecule has 0 aromatic rings. The summed E-state index contributed by atoms with van der Waals surface area (Å²) in [5.41, 5.74) is -4.49. The minimum absolute atomic E-state index is 0.0569. The fraction of sp³-hybridized carbons (Fsp3) is 0.933. The zero-order valence-corrected chi connectivity index (χ0v) is 51.5. The highest BCUT2D eigenvalue weighted by atomic mass is 16.8. The minimum atomic E-state index is -2.17. The second-order valence-corrected chi connectivity index (χ2v) is 29.0. The van der Waals surface area contributed by atoms with Crippen LogP contribution >= 0.6 is 0 Å². The van der Waals surface area contributed by atoms with Crippen LogP contribution in [0.2, 0.25) is 0 Å². The first-order chi connectivity index (χ1) is 42.1. The largest absolute Gasteiger partial charge is 0.481 e. The highest BCUT2D eigenvalue weighted by Crippen LogP contribution is 2.76. The number of aliphatic hydroxyl groups is 17. The number of carbonyl (C=O) groups is 2. The van der Waals surface area contributed by atoms with Crippen LogP contribution in [0.15, 0.2) is 11.6 Å². The van der Waals surface area contributed by atoms with Crippen LogP contribution < -0.4 is 0 Å². The highest BCUT2D eigenvalue weighted by Gasteiger charge is 2.73. The van der Waals surface area contributed by atoms with Gasteiger partial charge in [0.1, 0.15) is 122 Å². The number of rotatable bonds is 15. The molecule has 5 aliphatic carbocycles. The lowest BCUT2D eigenvalue weighted by atomic mass is 9.33. The van der Waals surface area contributed by atoms with Crippen LogP contribution in [-0.4, -0.2) is 296 Å². The molecule has 4 saturated carbocycles. The highest BCUT2D eigenvalue weighted by molar-refractivity contribution is 5.79. The van der Waals surface area contributed by atoms with Gasteiger partial charge in [0.05, 0.1) is 49.5 Å². The Labute approximate surface area is 519 Å². The van der Waals surface area contributed by atoms with E-state index in [-0.39, 0.29) is 30.1 Å². The first-order valence-electron chi connectivity index (χ1n) is 31.5. The molecule has 0 bridgehead atoms. The maximum absolute atomic E-state index is 14.9. The lowest BCUT2D eigenvalue weighted by Gasteiger charge is -2.71. The number of carboxylic acid groups (broad SMARTS) is 1. The van der Waals surface area contributed by atoms with Crippen LogP contribution in [0, 0.1) is 50.2 Å². The van der Waals surface area contributed by atoms with Gasteiger partial charge in [-0.25, -0.2) is 0 Å². The zero-order valence-electron chi connectivity index (χ0n) is 51.5. The standard InChI is InChI=1S/C60H96O30/c1-22-32(66)37(71)41(75)48(81-22)86-44-36(70)29(21-64)85-52(46(44)88-49-42(76)38(72)33(67)26(18-61)82-49)87-45-40(74)35(69)28(20-63)84-51(45)89-47-25(65)17-56(4)30-9-8-23-24-16-55(2,3)12-14-60(24,54(80)90-50-43(77)39(73)34(68)27(19-62)83-50)15-13-57(23,5)58(30,6)11-10-31(56)59(47,7)53(78)79/h8,22,24-52,61-77H,9-21H2,1-7H3,(H,78,79). The lowest BCUT2D eigenvalue weighted by molar-refractivity contribution is -0.413. The normalized spacial score (nSPS) is 54.5. The molecule has 0 spiro atoms. The molecule has 5 aliphatic heterocycles. The predicted octanol–water partition coefficient (Wildman–Crippen LogP) is -5.15. The van der Waals surface area contributed by atoms with Crippen LogP contribution in [0.1, 0.15) is 106 Å². The van der Waals surface area contributed by atoms with E-state index < -0.39 is 237 Å². The van der Waals surface area contributed by atoms with Gasteiger partial charge in [0.25, 0.3) is 0 Å². The molecule has 0 aromatic carbocycles. The number of allylic oxidation sites excluding steroid dienone is 2. The average Bonchev–Trinajstić information content (AvgIpc) is 0.674. The summed E-state index contributed by atoms with van der Waals surface area (Å²) in [5.74, 6) is -3.47. The molecule has 9 fully saturated rings. The SMILES string of the molecule is CC1OC(OC2C(O)C(CO)OC(OC3C(OC4C(O)CC5(C)C(CCC6(C)C5CC=C5C7CC(C)(C)CCC7(C(=O)OC7OC(CO)C(O)C(O)C7O)CCC56C)C4(C)C(=O)O)OC(CO)C(O)C3O)C2OC2OC(CO)C(O)C(O)C2O)C(O)C(O)C1O. The first-order valence-corrected chi connectivity index (χ1v) is 31.5. The van der Waals surface area contributed by atoms with Crippen LogP contribution in [0.5, 0.6) is 0 Å². The van der Waals surface area contributed by atoms with E-state index in [0.717, 1.165) is 5.57 Å². The smallest absolute Gasteiger partial charge is 0.315 e. The van der Waals surface area contributed by atoms with Gasteiger partial charge in [-0.15, -0.1) is 0 Å². The maximum atomic E-state index is 14.9. The van der Waals surface area contributed by atoms with Gasteiger partial charge in [0.15, 0.2) is 25.2 Å². The topological polar surface area (TPSA) is 491 Å². The number of carbonyl (C=O) groups excluding carboxylic acids is 1. The molecule has 0 amide bonds. The molecular formula is C60H96O30. The monoisotopic (exact) mass is 1300 g/mol. The molecule has 0 radical (unpaired) electrons. The van der Waals surface area contributed by atoms with Crippen molar-refractivity contribution in [1.29, 1.82) is 0 Å². The Hall–Kier alpha value is -2.36. The molecule has 10 rings (SSSR count). The summed E-state index contributed by atoms with van der Waals surface area (Å²) >= 11 is 0. The van der Waals surface area contributed by atoms with E-state index in [4.69, 9.17) is 47.4 Å². The lowest BCUT2D eigenvalue weighted by Crippen LogP contribution is -2.71. The number of hydrogen-bond donors (Lipinski definition) is 18. The van der Waals surface area contributed by atoms with Crippen molar-refractivity contribution in [2.45, 2.75) is 272 Å². The van der Waals surface area contributed by atoms with Crippen LogP contribution in [0.4, 0.5) is 0 Å². The molecule has 30 heteroatoms. The third kappa shape index (κ3) is 11.4. The number of ether oxygens (including phenoxy) is 10. The Balaban J connectivity index is 0.960. The summed E-state index contributed by atoms with van der Waals surface area (Å²) in [4.78, 5) is 29.2. The van der Waals surface area contributed by atoms with Crippen molar-refractivity contribution in [2.24, 2.45) is 50.2 Å². The van der Waals surface area contributed by atoms with Crippen molar-refractivity contribution < 1.29 is 149 Å². The number of aliphatic hydroxyl groups excluding tert-OH is 17. The Morgan fingerprint density at radius 3 is 1.56 bits per heavy atom. The summed E-state index contributed by atoms with van der Waals surface area (Å²) < 4.78 is 60.4. The van der Waals surface area contributed by atoms with E-state index in [0.29, 0.717) is 44.9 Å². The van der Waals surface area contributed by atoms with Crippen molar-refractivity contribution >= 4 is 11.9 Å². The van der Waals surface area contributed by atoms with Crippen LogP contribution in [-0.2, 0) is 57.0 Å². The summed E-state index contributed by atoms with van der Waals surface area (Å²) in [5, 5.41) is 198. The van der Waals surface area contributed by atoms with Gasteiger partial charge in [0.2, 0.25) is 6.29 Å². The van der Waals surface area contributed by atoms with Crippen molar-refractivity contribution in [3.63, 3.8) is 0 Å². The number of hydrogen-bond acceptors (Lipinski definition) is 29. The van der Waals surface area contributed by atoms with Gasteiger partial charge in [0, 0.05) is 0 Å². The van der Waals surface area contributed by atoms with Gasteiger partial charge < -0.3 is 139 Å². The van der Waals surface area contributed by atoms with Crippen LogP contribution in [0.3, 0.4) is 0 Å². The molecule has 35 unspecified atom stereocenters. The van der Waals surface area contributed by atoms with Gasteiger partial charge in [-0.3, -0.25) is 9.59 Å². The first kappa shape index (κ1) is 70.4. The summed E-state index contributed by atoms with van der Waals surface area (Å²) in [6, 6.07) is 0. The van der Waals surface area contributed by atoms with Gasteiger partial charge in [-0.05, 0) is 111 Å². The van der Waals surface area contributed by atoms with Crippen molar-refractivity contribution in [3.8, 4) is 0 Å². The molecule has 30 nitrogen and oxygen atoms in total. The Morgan fingerprint density at radius 1 is 0.500 bits per heavy atom. The average molecular weight is 1300 g/mol. The Bertz CT molecular complexity index is 2560. The molecule has 10 aliphatic rings. The summed E-state index contributed by atoms with van der Waals surface area (Å²) in [6.07, 6.45) is -44.3. The fourth-order valence-electron chi connectivity index (χ4n) is 18.0. The second kappa shape index (κ2) is 25.9. The van der Waals surface area contributed by atoms with E-state index in [9.17, 15) is 102 Å². The third-order valence-electron chi connectivity index (χ3n) is 23.6. The van der Waals surface area contributed by atoms with E-state index in [1.165, 1.54) is 13.8 Å². The van der Waals surface area contributed by atoms with Gasteiger partial charge in [-0.2, -0.15) is 0 Å². The fourth-order valence-corrected chi connectivity index (χ4v) is 18.0. The summed E-state index contributed by atoms with van der Waals surface area (Å²) in [6.45, 7) is 9.72. The Kier molecular flexibility index (Phi) is 20.3. The minimum Gasteiger partial charge on any atom is -0.481 e. The van der Waals surface area contributed by atoms with Crippen LogP contribution in [0.25, 0.3) is 0 Å². The van der Waals surface area contributed by atoms with E-state index in [1.54, 1.807) is 0 Å². The van der Waals surface area contributed by atoms with E-state index in [2.05, 4.69) is 33.8 Å². The zero-order chi connectivity index (χ0) is 66.0. The molecule has 516 valence electrons. The van der Waals surface area contributed by atoms with Gasteiger partial charge >= 0.3 is 11.9 Å². The molecular weight excluding hydrogens is 1200 g/mol. The van der Waals surface area contributed by atoms with Gasteiger partial charge in [-0.1, -0.05) is 46.3 Å². The van der Waals surface area contributed by atoms with Crippen molar-refractivity contribution in [3.05, 3.63) is 11.6 Å². The number of esters is 1. The molecule has 0 aromatic heterocycles. The second-order valence-electron chi connectivity index (χ2n) is 29.0. The van der Waals surface area contributed by atoms with Crippen molar-refractivity contribution in [1.82, 2.24) is 0 Å². The Morgan fingerprint density at radius 2 is 0.978 bits per heavy atom. The molecule has 5 saturated heterocycles. The maximum Gasteiger partial charge on any atom is 0.315 e.